The average Bonchev–Trinajstić information content (AvgIpc) is 3.10. The van der Waals surface area contributed by atoms with Gasteiger partial charge in [0.05, 0.1) is 0 Å². The summed E-state index contributed by atoms with van der Waals surface area (Å²) in [7, 11) is 0. The maximum absolute atomic E-state index is 12.6. The van der Waals surface area contributed by atoms with Gasteiger partial charge < -0.3 is 20.5 Å². The number of hydrogen-bond acceptors (Lipinski definition) is 4. The summed E-state index contributed by atoms with van der Waals surface area (Å²) >= 11 is 0. The predicted octanol–water partition coefficient (Wildman–Crippen LogP) is 4.84. The first-order valence-electron chi connectivity index (χ1n) is 11.8. The molecule has 2 amide bonds. The molecule has 0 heterocycles. The van der Waals surface area contributed by atoms with Crippen LogP contribution >= 0.6 is 0 Å². The Morgan fingerprint density at radius 1 is 1.03 bits per heavy atom. The third kappa shape index (κ3) is 6.59. The quantitative estimate of drug-likeness (QED) is 0.439. The fourth-order valence-electron chi connectivity index (χ4n) is 4.51. The number of ether oxygens (including phenoxy) is 1. The number of rotatable bonds is 11. The number of alkyl carbamates (subject to hydrolysis) is 1. The number of fused-ring (bicyclic) bond motifs is 3. The predicted molar refractivity (Wildman–Crippen MR) is 131 cm³/mol. The van der Waals surface area contributed by atoms with E-state index in [1.165, 1.54) is 0 Å². The molecule has 7 heteroatoms. The van der Waals surface area contributed by atoms with Gasteiger partial charge in [-0.25, -0.2) is 4.79 Å². The first-order chi connectivity index (χ1) is 16.2. The molecule has 3 N–H and O–H groups in total. The molecule has 3 rings (SSSR count). The van der Waals surface area contributed by atoms with E-state index >= 15 is 0 Å². The van der Waals surface area contributed by atoms with Crippen molar-refractivity contribution in [1.82, 2.24) is 10.6 Å². The van der Waals surface area contributed by atoms with Crippen LogP contribution in [0.4, 0.5) is 4.79 Å². The maximum Gasteiger partial charge on any atom is 0.407 e. The Morgan fingerprint density at radius 2 is 1.62 bits per heavy atom. The first kappa shape index (κ1) is 25.3. The highest BCUT2D eigenvalue weighted by Gasteiger charge is 2.29. The Labute approximate surface area is 200 Å². The van der Waals surface area contributed by atoms with Crippen LogP contribution in [-0.4, -0.2) is 41.3 Å². The lowest BCUT2D eigenvalue weighted by atomic mass is 9.97. The van der Waals surface area contributed by atoms with E-state index in [4.69, 9.17) is 9.84 Å². The van der Waals surface area contributed by atoms with Crippen LogP contribution in [0.15, 0.2) is 48.5 Å². The van der Waals surface area contributed by atoms with Gasteiger partial charge in [0.2, 0.25) is 5.91 Å². The van der Waals surface area contributed by atoms with E-state index in [0.29, 0.717) is 12.8 Å². The minimum atomic E-state index is -0.900. The molecule has 34 heavy (non-hydrogen) atoms. The second-order valence-electron chi connectivity index (χ2n) is 9.49. The monoisotopic (exact) mass is 466 g/mol. The van der Waals surface area contributed by atoms with E-state index in [1.54, 1.807) is 13.8 Å². The van der Waals surface area contributed by atoms with Crippen LogP contribution in [-0.2, 0) is 14.3 Å². The first-order valence-corrected chi connectivity index (χ1v) is 11.8. The van der Waals surface area contributed by atoms with E-state index in [1.807, 2.05) is 31.2 Å². The number of carbonyl (C=O) groups is 3. The van der Waals surface area contributed by atoms with Crippen LogP contribution in [0.2, 0.25) is 0 Å². The summed E-state index contributed by atoms with van der Waals surface area (Å²) < 4.78 is 5.62. The van der Waals surface area contributed by atoms with Crippen molar-refractivity contribution in [3.8, 4) is 11.1 Å². The van der Waals surface area contributed by atoms with E-state index in [9.17, 15) is 14.4 Å². The summed E-state index contributed by atoms with van der Waals surface area (Å²) in [5, 5.41) is 14.6. The van der Waals surface area contributed by atoms with Crippen molar-refractivity contribution in [3.05, 3.63) is 59.7 Å². The van der Waals surface area contributed by atoms with Gasteiger partial charge in [0.15, 0.2) is 0 Å². The van der Waals surface area contributed by atoms with Crippen molar-refractivity contribution in [2.45, 2.75) is 70.4 Å². The number of carboxylic acid groups (broad SMARTS) is 1. The smallest absolute Gasteiger partial charge is 0.407 e. The van der Waals surface area contributed by atoms with Crippen LogP contribution in [0.3, 0.4) is 0 Å². The average molecular weight is 467 g/mol. The van der Waals surface area contributed by atoms with Gasteiger partial charge in [0.1, 0.15) is 6.61 Å². The second kappa shape index (κ2) is 11.2. The van der Waals surface area contributed by atoms with Crippen molar-refractivity contribution in [1.29, 1.82) is 0 Å². The molecule has 0 bridgehead atoms. The zero-order valence-electron chi connectivity index (χ0n) is 20.1. The summed E-state index contributed by atoms with van der Waals surface area (Å²) in [5.41, 5.74) is 3.97. The highest BCUT2D eigenvalue weighted by atomic mass is 16.5. The highest BCUT2D eigenvalue weighted by Crippen LogP contribution is 2.44. The molecule has 1 atom stereocenters. The molecule has 0 radical (unpaired) electrons. The van der Waals surface area contributed by atoms with Crippen LogP contribution in [0.1, 0.15) is 69.9 Å². The molecular formula is C27H34N2O5. The largest absolute Gasteiger partial charge is 0.481 e. The number of hydrogen-bond donors (Lipinski definition) is 3. The number of carbonyl (C=O) groups excluding carboxylic acids is 2. The zero-order valence-corrected chi connectivity index (χ0v) is 20.1. The summed E-state index contributed by atoms with van der Waals surface area (Å²) in [4.78, 5) is 36.0. The Balaban J connectivity index is 1.56. The Morgan fingerprint density at radius 3 is 2.18 bits per heavy atom. The molecule has 0 spiro atoms. The van der Waals surface area contributed by atoms with Crippen LogP contribution in [0.25, 0.3) is 11.1 Å². The minimum absolute atomic E-state index is 0.0241. The van der Waals surface area contributed by atoms with Gasteiger partial charge >= 0.3 is 12.1 Å². The van der Waals surface area contributed by atoms with E-state index in [-0.39, 0.29) is 37.3 Å². The van der Waals surface area contributed by atoms with Gasteiger partial charge in [-0.3, -0.25) is 9.59 Å². The number of aliphatic carboxylic acids is 1. The summed E-state index contributed by atoms with van der Waals surface area (Å²) in [6.45, 7) is 5.79. The molecule has 0 saturated carbocycles. The van der Waals surface area contributed by atoms with Gasteiger partial charge in [-0.2, -0.15) is 0 Å². The van der Waals surface area contributed by atoms with Gasteiger partial charge in [-0.1, -0.05) is 61.9 Å². The molecule has 2 aromatic carbocycles. The van der Waals surface area contributed by atoms with E-state index < -0.39 is 17.6 Å². The molecule has 0 aliphatic heterocycles. The summed E-state index contributed by atoms with van der Waals surface area (Å²) in [5.74, 6) is -1.16. The Bertz CT molecular complexity index is 988. The number of nitrogens with one attached hydrogen (secondary N) is 2. The van der Waals surface area contributed by atoms with Crippen molar-refractivity contribution >= 4 is 18.0 Å². The molecule has 182 valence electrons. The summed E-state index contributed by atoms with van der Waals surface area (Å²) in [6, 6.07) is 15.9. The summed E-state index contributed by atoms with van der Waals surface area (Å²) in [6.07, 6.45) is 1.29. The Kier molecular flexibility index (Phi) is 8.31. The lowest BCUT2D eigenvalue weighted by molar-refractivity contribution is -0.137. The van der Waals surface area contributed by atoms with Gasteiger partial charge in [0.25, 0.3) is 0 Å². The van der Waals surface area contributed by atoms with Crippen LogP contribution in [0.5, 0.6) is 0 Å². The van der Waals surface area contributed by atoms with Crippen molar-refractivity contribution in [3.63, 3.8) is 0 Å². The molecule has 1 aliphatic rings. The zero-order chi connectivity index (χ0) is 24.7. The number of carboxylic acids is 1. The van der Waals surface area contributed by atoms with Gasteiger partial charge in [-0.05, 0) is 48.9 Å². The minimum Gasteiger partial charge on any atom is -0.481 e. The number of amides is 2. The van der Waals surface area contributed by atoms with Crippen molar-refractivity contribution < 1.29 is 24.2 Å². The lowest BCUT2D eigenvalue weighted by Crippen LogP contribution is -2.47. The highest BCUT2D eigenvalue weighted by molar-refractivity contribution is 5.80. The fourth-order valence-corrected chi connectivity index (χ4v) is 4.51. The van der Waals surface area contributed by atoms with Crippen molar-refractivity contribution in [2.75, 3.05) is 6.61 Å². The third-order valence-electron chi connectivity index (χ3n) is 6.18. The van der Waals surface area contributed by atoms with Crippen LogP contribution in [0, 0.1) is 0 Å². The molecule has 2 aromatic rings. The van der Waals surface area contributed by atoms with E-state index in [2.05, 4.69) is 34.9 Å². The second-order valence-corrected chi connectivity index (χ2v) is 9.49. The van der Waals surface area contributed by atoms with Gasteiger partial charge in [-0.15, -0.1) is 0 Å². The van der Waals surface area contributed by atoms with E-state index in [0.717, 1.165) is 28.7 Å². The maximum atomic E-state index is 12.6. The molecule has 0 saturated heterocycles. The standard InChI is InChI=1S/C27H34N2O5/c1-4-9-18(16-24(30)29-27(2,3)15-14-25(31)32)28-26(33)34-17-23-21-12-7-5-10-19(21)20-11-6-8-13-22(20)23/h5-8,10-13,18,23H,4,9,14-17H2,1-3H3,(H,28,33)(H,29,30)(H,31,32). The van der Waals surface area contributed by atoms with Crippen molar-refractivity contribution in [2.24, 2.45) is 0 Å². The molecular weight excluding hydrogens is 432 g/mol. The van der Waals surface area contributed by atoms with Gasteiger partial charge in [0, 0.05) is 30.3 Å². The molecule has 7 nitrogen and oxygen atoms in total. The fraction of sp³-hybridized carbons (Fsp3) is 0.444. The normalized spacial score (nSPS) is 13.5. The Hall–Kier alpha value is -3.35. The molecule has 1 aliphatic carbocycles. The molecule has 1 unspecified atom stereocenters. The molecule has 0 aromatic heterocycles. The SMILES string of the molecule is CCCC(CC(=O)NC(C)(C)CCC(=O)O)NC(=O)OCC1c2ccccc2-c2ccccc21. The van der Waals surface area contributed by atoms with Crippen LogP contribution < -0.4 is 10.6 Å². The third-order valence-corrected chi connectivity index (χ3v) is 6.18. The lowest BCUT2D eigenvalue weighted by Gasteiger charge is -2.27. The molecule has 0 fully saturated rings. The topological polar surface area (TPSA) is 105 Å². The number of benzene rings is 2.